The number of nitrogens with zero attached hydrogens (tertiary/aromatic N) is 1. The number of nitrogens with one attached hydrogen (secondary N) is 1. The molecule has 2 saturated heterocycles. The average Bonchev–Trinajstić information content (AvgIpc) is 2.49. The Hall–Kier alpha value is -0.0800. The van der Waals surface area contributed by atoms with Crippen LogP contribution in [0.3, 0.4) is 0 Å². The van der Waals surface area contributed by atoms with Crippen molar-refractivity contribution in [1.82, 2.24) is 10.2 Å². The summed E-state index contributed by atoms with van der Waals surface area (Å²) in [5, 5.41) is 3.69. The van der Waals surface area contributed by atoms with Gasteiger partial charge in [0, 0.05) is 12.1 Å². The molecule has 3 atom stereocenters. The second kappa shape index (κ2) is 7.08. The lowest BCUT2D eigenvalue weighted by molar-refractivity contribution is 0.0588. The van der Waals surface area contributed by atoms with Crippen molar-refractivity contribution in [3.8, 4) is 0 Å². The molecule has 19 heavy (non-hydrogen) atoms. The molecule has 0 aromatic rings. The van der Waals surface area contributed by atoms with Gasteiger partial charge in [0.25, 0.3) is 0 Å². The second-order valence-corrected chi connectivity index (χ2v) is 7.08. The van der Waals surface area contributed by atoms with Crippen molar-refractivity contribution in [2.75, 3.05) is 19.6 Å². The van der Waals surface area contributed by atoms with Crippen LogP contribution in [0.25, 0.3) is 0 Å². The van der Waals surface area contributed by atoms with Crippen molar-refractivity contribution in [2.45, 2.75) is 82.7 Å². The zero-order chi connectivity index (χ0) is 12.9. The molecule has 0 amide bonds. The van der Waals surface area contributed by atoms with Gasteiger partial charge in [-0.2, -0.15) is 0 Å². The van der Waals surface area contributed by atoms with Crippen LogP contribution in [0.15, 0.2) is 0 Å². The van der Waals surface area contributed by atoms with Gasteiger partial charge in [-0.25, -0.2) is 0 Å². The van der Waals surface area contributed by atoms with Gasteiger partial charge < -0.3 is 10.2 Å². The van der Waals surface area contributed by atoms with Crippen molar-refractivity contribution >= 4 is 0 Å². The third-order valence-electron chi connectivity index (χ3n) is 5.77. The van der Waals surface area contributed by atoms with E-state index < -0.39 is 0 Å². The number of likely N-dealkylation sites (tertiary alicyclic amines) is 1. The van der Waals surface area contributed by atoms with Crippen LogP contribution < -0.4 is 5.32 Å². The normalized spacial score (nSPS) is 36.9. The summed E-state index contributed by atoms with van der Waals surface area (Å²) in [5.41, 5.74) is 0. The number of hydrogen-bond donors (Lipinski definition) is 1. The van der Waals surface area contributed by atoms with E-state index in [1.165, 1.54) is 90.3 Å². The summed E-state index contributed by atoms with van der Waals surface area (Å²) < 4.78 is 0. The van der Waals surface area contributed by atoms with E-state index in [4.69, 9.17) is 0 Å². The summed E-state index contributed by atoms with van der Waals surface area (Å²) in [6.45, 7) is 4.03. The standard InChI is InChI=1S/C17H32N2/c1-2-11-17-15(7-1)8-5-13-19(17)14-6-10-16-9-3-4-12-18-16/h15-18H,1-14H2. The molecule has 0 aromatic heterocycles. The van der Waals surface area contributed by atoms with Crippen molar-refractivity contribution in [3.05, 3.63) is 0 Å². The fraction of sp³-hybridized carbons (Fsp3) is 1.00. The zero-order valence-electron chi connectivity index (χ0n) is 12.6. The van der Waals surface area contributed by atoms with Crippen molar-refractivity contribution in [3.63, 3.8) is 0 Å². The van der Waals surface area contributed by atoms with E-state index in [0.29, 0.717) is 0 Å². The lowest BCUT2D eigenvalue weighted by Gasteiger charge is -2.44. The molecule has 3 rings (SSSR count). The highest BCUT2D eigenvalue weighted by Gasteiger charge is 2.32. The smallest absolute Gasteiger partial charge is 0.0123 e. The molecular weight excluding hydrogens is 232 g/mol. The van der Waals surface area contributed by atoms with E-state index in [9.17, 15) is 0 Å². The first-order valence-electron chi connectivity index (χ1n) is 8.91. The Morgan fingerprint density at radius 2 is 1.74 bits per heavy atom. The van der Waals surface area contributed by atoms with Crippen LogP contribution in [0.4, 0.5) is 0 Å². The minimum atomic E-state index is 0.834. The molecule has 1 saturated carbocycles. The monoisotopic (exact) mass is 264 g/mol. The summed E-state index contributed by atoms with van der Waals surface area (Å²) in [6.07, 6.45) is 16.1. The fourth-order valence-electron chi connectivity index (χ4n) is 4.72. The number of rotatable bonds is 4. The third-order valence-corrected chi connectivity index (χ3v) is 5.77. The number of piperidine rings is 2. The van der Waals surface area contributed by atoms with Crippen LogP contribution in [-0.4, -0.2) is 36.6 Å². The molecule has 0 spiro atoms. The van der Waals surface area contributed by atoms with Crippen LogP contribution in [0.2, 0.25) is 0 Å². The molecular formula is C17H32N2. The average molecular weight is 264 g/mol. The quantitative estimate of drug-likeness (QED) is 0.835. The van der Waals surface area contributed by atoms with Gasteiger partial charge in [0.05, 0.1) is 0 Å². The van der Waals surface area contributed by atoms with Crippen molar-refractivity contribution in [1.29, 1.82) is 0 Å². The predicted molar refractivity (Wildman–Crippen MR) is 81.4 cm³/mol. The highest BCUT2D eigenvalue weighted by Crippen LogP contribution is 2.35. The van der Waals surface area contributed by atoms with Gasteiger partial charge in [-0.3, -0.25) is 0 Å². The Morgan fingerprint density at radius 3 is 2.63 bits per heavy atom. The van der Waals surface area contributed by atoms with Crippen LogP contribution in [0.5, 0.6) is 0 Å². The molecule has 1 N–H and O–H groups in total. The van der Waals surface area contributed by atoms with E-state index in [2.05, 4.69) is 10.2 Å². The molecule has 110 valence electrons. The van der Waals surface area contributed by atoms with Gasteiger partial charge >= 0.3 is 0 Å². The van der Waals surface area contributed by atoms with Crippen LogP contribution in [0.1, 0.15) is 70.6 Å². The lowest BCUT2D eigenvalue weighted by atomic mass is 9.78. The molecule has 3 aliphatic rings. The van der Waals surface area contributed by atoms with E-state index in [1.54, 1.807) is 0 Å². The maximum absolute atomic E-state index is 3.69. The summed E-state index contributed by atoms with van der Waals surface area (Å²) in [4.78, 5) is 2.86. The predicted octanol–water partition coefficient (Wildman–Crippen LogP) is 3.56. The molecule has 2 aliphatic heterocycles. The molecule has 2 heterocycles. The summed E-state index contributed by atoms with van der Waals surface area (Å²) >= 11 is 0. The van der Waals surface area contributed by atoms with E-state index in [1.807, 2.05) is 0 Å². The van der Waals surface area contributed by atoms with Crippen molar-refractivity contribution in [2.24, 2.45) is 5.92 Å². The topological polar surface area (TPSA) is 15.3 Å². The van der Waals surface area contributed by atoms with Gasteiger partial charge in [-0.15, -0.1) is 0 Å². The molecule has 2 nitrogen and oxygen atoms in total. The Kier molecular flexibility index (Phi) is 5.17. The van der Waals surface area contributed by atoms with Crippen LogP contribution in [0, 0.1) is 5.92 Å². The molecule has 0 radical (unpaired) electrons. The third kappa shape index (κ3) is 3.72. The van der Waals surface area contributed by atoms with Crippen LogP contribution in [-0.2, 0) is 0 Å². The highest BCUT2D eigenvalue weighted by atomic mass is 15.2. The van der Waals surface area contributed by atoms with E-state index >= 15 is 0 Å². The van der Waals surface area contributed by atoms with Gasteiger partial charge in [-0.05, 0) is 76.9 Å². The second-order valence-electron chi connectivity index (χ2n) is 7.08. The molecule has 1 aliphatic carbocycles. The van der Waals surface area contributed by atoms with Gasteiger partial charge in [0.1, 0.15) is 0 Å². The molecule has 2 heteroatoms. The summed E-state index contributed by atoms with van der Waals surface area (Å²) in [7, 11) is 0. The molecule has 0 aromatic carbocycles. The minimum Gasteiger partial charge on any atom is -0.314 e. The summed E-state index contributed by atoms with van der Waals surface area (Å²) in [5.74, 6) is 1.05. The van der Waals surface area contributed by atoms with E-state index in [-0.39, 0.29) is 0 Å². The first-order chi connectivity index (χ1) is 9.43. The molecule has 0 bridgehead atoms. The molecule has 3 unspecified atom stereocenters. The fourth-order valence-corrected chi connectivity index (χ4v) is 4.72. The van der Waals surface area contributed by atoms with Crippen molar-refractivity contribution < 1.29 is 0 Å². The van der Waals surface area contributed by atoms with Gasteiger partial charge in [0.2, 0.25) is 0 Å². The lowest BCUT2D eigenvalue weighted by Crippen LogP contribution is -2.47. The first-order valence-corrected chi connectivity index (χ1v) is 8.91. The minimum absolute atomic E-state index is 0.834. The Labute approximate surface area is 119 Å². The maximum Gasteiger partial charge on any atom is 0.0123 e. The maximum atomic E-state index is 3.69. The number of hydrogen-bond acceptors (Lipinski definition) is 2. The first kappa shape index (κ1) is 13.9. The van der Waals surface area contributed by atoms with Gasteiger partial charge in [0.15, 0.2) is 0 Å². The highest BCUT2D eigenvalue weighted by molar-refractivity contribution is 4.87. The molecule has 3 fully saturated rings. The SMILES string of the molecule is C1CCC(CCCN2CCCC3CCCCC32)NC1. The van der Waals surface area contributed by atoms with Crippen LogP contribution >= 0.6 is 0 Å². The Balaban J connectivity index is 1.40. The zero-order valence-corrected chi connectivity index (χ0v) is 12.6. The van der Waals surface area contributed by atoms with Gasteiger partial charge in [-0.1, -0.05) is 19.3 Å². The largest absolute Gasteiger partial charge is 0.314 e. The Bertz CT molecular complexity index is 258. The summed E-state index contributed by atoms with van der Waals surface area (Å²) in [6, 6.07) is 1.79. The van der Waals surface area contributed by atoms with E-state index in [0.717, 1.165) is 18.0 Å². The Morgan fingerprint density at radius 1 is 0.895 bits per heavy atom. The number of fused-ring (bicyclic) bond motifs is 1.